The molecule has 18 heavy (non-hydrogen) atoms. The molecule has 2 N–H and O–H groups in total. The molecule has 1 aromatic carbocycles. The van der Waals surface area contributed by atoms with Gasteiger partial charge in [0.25, 0.3) is 0 Å². The van der Waals surface area contributed by atoms with E-state index in [1.54, 1.807) is 11.3 Å². The first kappa shape index (κ1) is 13.3. The van der Waals surface area contributed by atoms with Gasteiger partial charge in [-0.1, -0.05) is 17.7 Å². The number of benzene rings is 1. The number of nitrogens with zero attached hydrogens (tertiary/aromatic N) is 2. The van der Waals surface area contributed by atoms with Crippen LogP contribution in [-0.4, -0.2) is 12.0 Å². The summed E-state index contributed by atoms with van der Waals surface area (Å²) in [5, 5.41) is 2.77. The second-order valence-electron chi connectivity index (χ2n) is 4.33. The molecule has 3 nitrogen and oxygen atoms in total. The maximum absolute atomic E-state index is 6.23. The summed E-state index contributed by atoms with van der Waals surface area (Å²) in [4.78, 5) is 6.39. The predicted molar refractivity (Wildman–Crippen MR) is 78.3 cm³/mol. The lowest BCUT2D eigenvalue weighted by Gasteiger charge is -2.19. The maximum atomic E-state index is 6.23. The van der Waals surface area contributed by atoms with Crippen molar-refractivity contribution in [1.82, 2.24) is 4.98 Å². The highest BCUT2D eigenvalue weighted by Gasteiger charge is 2.09. The van der Waals surface area contributed by atoms with E-state index in [0.717, 1.165) is 23.5 Å². The van der Waals surface area contributed by atoms with Crippen LogP contribution in [0.25, 0.3) is 0 Å². The van der Waals surface area contributed by atoms with E-state index in [1.807, 2.05) is 37.7 Å². The molecule has 0 aliphatic carbocycles. The van der Waals surface area contributed by atoms with Gasteiger partial charge in [-0.25, -0.2) is 4.98 Å². The van der Waals surface area contributed by atoms with E-state index in [2.05, 4.69) is 15.3 Å². The summed E-state index contributed by atoms with van der Waals surface area (Å²) in [6.45, 7) is 2.71. The number of halogens is 1. The molecule has 0 aliphatic heterocycles. The highest BCUT2D eigenvalue weighted by Crippen LogP contribution is 2.27. The van der Waals surface area contributed by atoms with Crippen molar-refractivity contribution < 1.29 is 0 Å². The second kappa shape index (κ2) is 5.69. The molecule has 1 unspecified atom stereocenters. The van der Waals surface area contributed by atoms with Crippen LogP contribution in [0.15, 0.2) is 29.1 Å². The molecule has 2 rings (SSSR count). The molecule has 0 amide bonds. The molecule has 1 aromatic heterocycles. The van der Waals surface area contributed by atoms with Crippen molar-refractivity contribution in [2.45, 2.75) is 19.5 Å². The minimum Gasteiger partial charge on any atom is -0.369 e. The Labute approximate surface area is 116 Å². The number of rotatable bonds is 4. The highest BCUT2D eigenvalue weighted by molar-refractivity contribution is 7.07. The quantitative estimate of drug-likeness (QED) is 0.933. The van der Waals surface area contributed by atoms with Crippen LogP contribution in [0.2, 0.25) is 5.02 Å². The van der Waals surface area contributed by atoms with Crippen LogP contribution in [0.5, 0.6) is 0 Å². The van der Waals surface area contributed by atoms with Gasteiger partial charge in [-0.3, -0.25) is 0 Å². The first-order chi connectivity index (χ1) is 8.58. The van der Waals surface area contributed by atoms with Crippen molar-refractivity contribution in [3.63, 3.8) is 0 Å². The number of hydrogen-bond donors (Lipinski definition) is 1. The summed E-state index contributed by atoms with van der Waals surface area (Å²) in [6.07, 6.45) is 0. The molecule has 0 bridgehead atoms. The zero-order valence-corrected chi connectivity index (χ0v) is 12.0. The van der Waals surface area contributed by atoms with Crippen LogP contribution in [0.1, 0.15) is 24.2 Å². The zero-order chi connectivity index (χ0) is 13.1. The zero-order valence-electron chi connectivity index (χ0n) is 10.4. The van der Waals surface area contributed by atoms with Gasteiger partial charge < -0.3 is 10.6 Å². The standard InChI is InChI=1S/C13H16ClN3S/c1-9(15)12-4-3-11(5-13(12)14)17(2)6-10-7-18-8-16-10/h3-5,7-9H,6,15H2,1-2H3. The summed E-state index contributed by atoms with van der Waals surface area (Å²) in [5.74, 6) is 0. The van der Waals surface area contributed by atoms with Gasteiger partial charge in [0.05, 0.1) is 17.7 Å². The van der Waals surface area contributed by atoms with Gasteiger partial charge in [0, 0.05) is 29.2 Å². The predicted octanol–water partition coefficient (Wildman–Crippen LogP) is 3.45. The Bertz CT molecular complexity index is 511. The number of nitrogens with two attached hydrogens (primary N) is 1. The fourth-order valence-corrected chi connectivity index (χ4v) is 2.67. The molecule has 0 radical (unpaired) electrons. The van der Waals surface area contributed by atoms with Crippen molar-refractivity contribution in [3.8, 4) is 0 Å². The van der Waals surface area contributed by atoms with E-state index in [1.165, 1.54) is 0 Å². The van der Waals surface area contributed by atoms with E-state index < -0.39 is 0 Å². The first-order valence-electron chi connectivity index (χ1n) is 5.71. The maximum Gasteiger partial charge on any atom is 0.0795 e. The fourth-order valence-electron chi connectivity index (χ4n) is 1.77. The van der Waals surface area contributed by atoms with E-state index in [-0.39, 0.29) is 6.04 Å². The summed E-state index contributed by atoms with van der Waals surface area (Å²) in [5.41, 5.74) is 10.8. The Balaban J connectivity index is 2.16. The smallest absolute Gasteiger partial charge is 0.0795 e. The normalized spacial score (nSPS) is 12.4. The van der Waals surface area contributed by atoms with Crippen molar-refractivity contribution in [1.29, 1.82) is 0 Å². The molecular formula is C13H16ClN3S. The molecule has 2 aromatic rings. The Morgan fingerprint density at radius 1 is 1.50 bits per heavy atom. The van der Waals surface area contributed by atoms with Crippen molar-refractivity contribution in [2.75, 3.05) is 11.9 Å². The van der Waals surface area contributed by atoms with Crippen LogP contribution in [-0.2, 0) is 6.54 Å². The minimum atomic E-state index is -0.0459. The number of aromatic nitrogens is 1. The lowest BCUT2D eigenvalue weighted by Crippen LogP contribution is -2.17. The molecule has 1 heterocycles. The average Bonchev–Trinajstić information content (AvgIpc) is 2.81. The molecule has 1 atom stereocenters. The SMILES string of the molecule is CC(N)c1ccc(N(C)Cc2cscn2)cc1Cl. The lowest BCUT2D eigenvalue weighted by atomic mass is 10.1. The first-order valence-corrected chi connectivity index (χ1v) is 7.03. The number of anilines is 1. The Kier molecular flexibility index (Phi) is 4.22. The fraction of sp³-hybridized carbons (Fsp3) is 0.308. The van der Waals surface area contributed by atoms with Gasteiger partial charge >= 0.3 is 0 Å². The Morgan fingerprint density at radius 2 is 2.28 bits per heavy atom. The Morgan fingerprint density at radius 3 is 2.83 bits per heavy atom. The minimum absolute atomic E-state index is 0.0459. The molecular weight excluding hydrogens is 266 g/mol. The third kappa shape index (κ3) is 3.02. The molecule has 0 saturated heterocycles. The van der Waals surface area contributed by atoms with E-state index in [0.29, 0.717) is 5.02 Å². The van der Waals surface area contributed by atoms with E-state index in [4.69, 9.17) is 17.3 Å². The summed E-state index contributed by atoms with van der Waals surface area (Å²) in [6, 6.07) is 5.93. The monoisotopic (exact) mass is 281 g/mol. The third-order valence-corrected chi connectivity index (χ3v) is 3.76. The second-order valence-corrected chi connectivity index (χ2v) is 5.46. The molecule has 0 fully saturated rings. The average molecular weight is 282 g/mol. The van der Waals surface area contributed by atoms with Gasteiger partial charge in [-0.2, -0.15) is 0 Å². The Hall–Kier alpha value is -1.10. The van der Waals surface area contributed by atoms with Gasteiger partial charge in [0.15, 0.2) is 0 Å². The summed E-state index contributed by atoms with van der Waals surface area (Å²) < 4.78 is 0. The molecule has 0 spiro atoms. The number of thiazole rings is 1. The molecule has 0 aliphatic rings. The van der Waals surface area contributed by atoms with Crippen LogP contribution in [0.4, 0.5) is 5.69 Å². The van der Waals surface area contributed by atoms with Crippen molar-refractivity contribution in [2.24, 2.45) is 5.73 Å². The van der Waals surface area contributed by atoms with Gasteiger partial charge in [-0.15, -0.1) is 11.3 Å². The largest absolute Gasteiger partial charge is 0.369 e. The number of hydrogen-bond acceptors (Lipinski definition) is 4. The lowest BCUT2D eigenvalue weighted by molar-refractivity contribution is 0.817. The molecule has 5 heteroatoms. The van der Waals surface area contributed by atoms with Crippen LogP contribution >= 0.6 is 22.9 Å². The van der Waals surface area contributed by atoms with Crippen LogP contribution < -0.4 is 10.6 Å². The van der Waals surface area contributed by atoms with Gasteiger partial charge in [0.1, 0.15) is 0 Å². The topological polar surface area (TPSA) is 42.1 Å². The molecule has 0 saturated carbocycles. The van der Waals surface area contributed by atoms with Gasteiger partial charge in [0.2, 0.25) is 0 Å². The summed E-state index contributed by atoms with van der Waals surface area (Å²) >= 11 is 7.84. The van der Waals surface area contributed by atoms with Crippen LogP contribution in [0, 0.1) is 0 Å². The highest BCUT2D eigenvalue weighted by atomic mass is 35.5. The van der Waals surface area contributed by atoms with Crippen molar-refractivity contribution in [3.05, 3.63) is 45.4 Å². The van der Waals surface area contributed by atoms with Gasteiger partial charge in [-0.05, 0) is 24.6 Å². The third-order valence-electron chi connectivity index (χ3n) is 2.80. The van der Waals surface area contributed by atoms with Crippen molar-refractivity contribution >= 4 is 28.6 Å². The van der Waals surface area contributed by atoms with Crippen LogP contribution in [0.3, 0.4) is 0 Å². The van der Waals surface area contributed by atoms with E-state index >= 15 is 0 Å². The van der Waals surface area contributed by atoms with E-state index in [9.17, 15) is 0 Å². The summed E-state index contributed by atoms with van der Waals surface area (Å²) in [7, 11) is 2.02. The molecule has 96 valence electrons.